The Morgan fingerprint density at radius 3 is 2.74 bits per heavy atom. The third-order valence-electron chi connectivity index (χ3n) is 3.64. The normalized spacial score (nSPS) is 15.0. The summed E-state index contributed by atoms with van der Waals surface area (Å²) >= 11 is 1.12. The van der Waals surface area contributed by atoms with Gasteiger partial charge in [0.2, 0.25) is 0 Å². The molecule has 3 N–H and O–H groups in total. The van der Waals surface area contributed by atoms with Crippen molar-refractivity contribution in [2.45, 2.75) is 12.8 Å². The second-order valence-corrected chi connectivity index (χ2v) is 6.39. The number of nitrogens with one attached hydrogen (secondary N) is 1. The largest absolute Gasteiger partial charge is 0.382 e. The fourth-order valence-electron chi connectivity index (χ4n) is 2.50. The van der Waals surface area contributed by atoms with Gasteiger partial charge in [-0.05, 0) is 38.1 Å². The van der Waals surface area contributed by atoms with Gasteiger partial charge in [-0.3, -0.25) is 9.69 Å². The fourth-order valence-corrected chi connectivity index (χ4v) is 3.33. The van der Waals surface area contributed by atoms with Gasteiger partial charge >= 0.3 is 0 Å². The third-order valence-corrected chi connectivity index (χ3v) is 4.67. The molecule has 1 fully saturated rings. The van der Waals surface area contributed by atoms with Gasteiger partial charge in [0.25, 0.3) is 0 Å². The molecule has 0 aliphatic carbocycles. The van der Waals surface area contributed by atoms with Gasteiger partial charge in [0.1, 0.15) is 10.7 Å². The van der Waals surface area contributed by atoms with Crippen molar-refractivity contribution >= 4 is 33.8 Å². The van der Waals surface area contributed by atoms with Gasteiger partial charge in [0, 0.05) is 11.8 Å². The van der Waals surface area contributed by atoms with Gasteiger partial charge in [0.15, 0.2) is 22.5 Å². The van der Waals surface area contributed by atoms with Crippen LogP contribution in [0.15, 0.2) is 18.2 Å². The number of ketones is 1. The highest BCUT2D eigenvalue weighted by molar-refractivity contribution is 7.18. The summed E-state index contributed by atoms with van der Waals surface area (Å²) in [4.78, 5) is 18.9. The number of nitrogen functional groups attached to an aromatic ring is 1. The summed E-state index contributed by atoms with van der Waals surface area (Å²) in [5.74, 6) is -1.79. The minimum absolute atomic E-state index is 0.0692. The highest BCUT2D eigenvalue weighted by atomic mass is 32.1. The van der Waals surface area contributed by atoms with Crippen LogP contribution in [-0.2, 0) is 0 Å². The average Bonchev–Trinajstić information content (AvgIpc) is 3.13. The van der Waals surface area contributed by atoms with Crippen LogP contribution in [0.25, 0.3) is 0 Å². The first-order chi connectivity index (χ1) is 11.0. The van der Waals surface area contributed by atoms with Crippen molar-refractivity contribution in [3.05, 3.63) is 34.7 Å². The van der Waals surface area contributed by atoms with E-state index in [1.807, 2.05) is 0 Å². The van der Waals surface area contributed by atoms with Gasteiger partial charge in [-0.25, -0.2) is 13.8 Å². The van der Waals surface area contributed by atoms with E-state index in [1.165, 1.54) is 6.07 Å². The minimum Gasteiger partial charge on any atom is -0.382 e. The van der Waals surface area contributed by atoms with Crippen molar-refractivity contribution in [2.75, 3.05) is 30.7 Å². The number of Topliss-reactive ketones (excluding diaryl/α,β-unsaturated/α-hetero) is 1. The summed E-state index contributed by atoms with van der Waals surface area (Å²) in [7, 11) is 0. The van der Waals surface area contributed by atoms with Crippen LogP contribution in [0.5, 0.6) is 0 Å². The number of hydrogen-bond donors (Lipinski definition) is 2. The summed E-state index contributed by atoms with van der Waals surface area (Å²) in [6.07, 6.45) is 2.21. The van der Waals surface area contributed by atoms with Crippen molar-refractivity contribution in [1.82, 2.24) is 9.88 Å². The van der Waals surface area contributed by atoms with Gasteiger partial charge in [-0.1, -0.05) is 11.3 Å². The number of anilines is 3. The number of carbonyl (C=O) groups excluding carboxylic acids is 1. The Balaban J connectivity index is 1.72. The van der Waals surface area contributed by atoms with Crippen LogP contribution in [0.4, 0.5) is 25.4 Å². The molecule has 1 aromatic heterocycles. The molecule has 0 atom stereocenters. The van der Waals surface area contributed by atoms with E-state index >= 15 is 0 Å². The number of likely N-dealkylation sites (tertiary alicyclic amines) is 1. The second kappa shape index (κ2) is 6.59. The predicted molar refractivity (Wildman–Crippen MR) is 86.2 cm³/mol. The lowest BCUT2D eigenvalue weighted by Crippen LogP contribution is -2.26. The molecule has 1 saturated heterocycles. The van der Waals surface area contributed by atoms with Crippen molar-refractivity contribution in [1.29, 1.82) is 0 Å². The molecule has 2 aromatic rings. The highest BCUT2D eigenvalue weighted by Crippen LogP contribution is 2.29. The topological polar surface area (TPSA) is 71.2 Å². The van der Waals surface area contributed by atoms with Gasteiger partial charge in [-0.2, -0.15) is 0 Å². The Morgan fingerprint density at radius 2 is 2.04 bits per heavy atom. The maximum Gasteiger partial charge on any atom is 0.190 e. The molecule has 122 valence electrons. The standard InChI is InChI=1S/C15H16F2N4OS/c16-10-4-3-9(7-11(10)17)19-15-20-14(18)13(23-15)12(22)8-21-5-1-2-6-21/h3-4,7H,1-2,5-6,8,18H2,(H,19,20). The number of carbonyl (C=O) groups is 1. The number of aromatic nitrogens is 1. The molecule has 1 aliphatic heterocycles. The van der Waals surface area contributed by atoms with Crippen molar-refractivity contribution < 1.29 is 13.6 Å². The summed E-state index contributed by atoms with van der Waals surface area (Å²) < 4.78 is 26.1. The maximum atomic E-state index is 13.2. The van der Waals surface area contributed by atoms with Crippen molar-refractivity contribution in [3.63, 3.8) is 0 Å². The molecule has 0 unspecified atom stereocenters. The summed E-state index contributed by atoms with van der Waals surface area (Å²) in [6.45, 7) is 2.17. The molecule has 23 heavy (non-hydrogen) atoms. The number of hydrogen-bond acceptors (Lipinski definition) is 6. The molecular weight excluding hydrogens is 322 g/mol. The van der Waals surface area contributed by atoms with Crippen LogP contribution in [0.1, 0.15) is 22.5 Å². The predicted octanol–water partition coefficient (Wildman–Crippen LogP) is 3.03. The van der Waals surface area contributed by atoms with E-state index in [1.54, 1.807) is 0 Å². The molecule has 5 nitrogen and oxygen atoms in total. The second-order valence-electron chi connectivity index (χ2n) is 5.39. The molecule has 1 aliphatic rings. The lowest BCUT2D eigenvalue weighted by molar-refractivity contribution is 0.0950. The Hall–Kier alpha value is -2.06. The number of nitrogens with zero attached hydrogens (tertiary/aromatic N) is 2. The van der Waals surface area contributed by atoms with Gasteiger partial charge < -0.3 is 11.1 Å². The van der Waals surface area contributed by atoms with Crippen LogP contribution in [0.3, 0.4) is 0 Å². The lowest BCUT2D eigenvalue weighted by Gasteiger charge is -2.12. The number of benzene rings is 1. The van der Waals surface area contributed by atoms with E-state index in [4.69, 9.17) is 5.73 Å². The van der Waals surface area contributed by atoms with Gasteiger partial charge in [0.05, 0.1) is 6.54 Å². The minimum atomic E-state index is -0.954. The van der Waals surface area contributed by atoms with E-state index in [-0.39, 0.29) is 11.6 Å². The van der Waals surface area contributed by atoms with E-state index in [9.17, 15) is 13.6 Å². The summed E-state index contributed by atoms with van der Waals surface area (Å²) in [6, 6.07) is 3.44. The molecule has 2 heterocycles. The van der Waals surface area contributed by atoms with Crippen molar-refractivity contribution in [2.24, 2.45) is 0 Å². The quantitative estimate of drug-likeness (QED) is 0.820. The number of nitrogens with two attached hydrogens (primary N) is 1. The van der Waals surface area contributed by atoms with E-state index in [2.05, 4.69) is 15.2 Å². The maximum absolute atomic E-state index is 13.2. The number of thiazole rings is 1. The molecule has 3 rings (SSSR count). The summed E-state index contributed by atoms with van der Waals surface area (Å²) in [5.41, 5.74) is 6.15. The first-order valence-electron chi connectivity index (χ1n) is 7.27. The monoisotopic (exact) mass is 338 g/mol. The van der Waals surface area contributed by atoms with E-state index < -0.39 is 11.6 Å². The van der Waals surface area contributed by atoms with Crippen LogP contribution in [-0.4, -0.2) is 35.3 Å². The zero-order chi connectivity index (χ0) is 16.4. The van der Waals surface area contributed by atoms with E-state index in [0.717, 1.165) is 49.4 Å². The van der Waals surface area contributed by atoms with Crippen LogP contribution in [0.2, 0.25) is 0 Å². The van der Waals surface area contributed by atoms with Crippen LogP contribution in [0, 0.1) is 11.6 Å². The average molecular weight is 338 g/mol. The molecule has 0 radical (unpaired) electrons. The number of rotatable bonds is 5. The van der Waals surface area contributed by atoms with Crippen LogP contribution >= 0.6 is 11.3 Å². The van der Waals surface area contributed by atoms with Crippen LogP contribution < -0.4 is 11.1 Å². The molecule has 0 spiro atoms. The Morgan fingerprint density at radius 1 is 1.30 bits per heavy atom. The Bertz CT molecular complexity index is 728. The smallest absolute Gasteiger partial charge is 0.190 e. The molecule has 1 aromatic carbocycles. The highest BCUT2D eigenvalue weighted by Gasteiger charge is 2.21. The van der Waals surface area contributed by atoms with Crippen molar-refractivity contribution in [3.8, 4) is 0 Å². The molecule has 0 saturated carbocycles. The molecule has 8 heteroatoms. The van der Waals surface area contributed by atoms with Gasteiger partial charge in [-0.15, -0.1) is 0 Å². The fraction of sp³-hybridized carbons (Fsp3) is 0.333. The summed E-state index contributed by atoms with van der Waals surface area (Å²) in [5, 5.41) is 3.21. The molecular formula is C15H16F2N4OS. The SMILES string of the molecule is Nc1nc(Nc2ccc(F)c(F)c2)sc1C(=O)CN1CCCC1. The first kappa shape index (κ1) is 15.8. The molecule has 0 amide bonds. The zero-order valence-corrected chi connectivity index (χ0v) is 13.1. The Labute approximate surface area is 136 Å². The number of halogens is 2. The third kappa shape index (κ3) is 3.65. The molecule has 0 bridgehead atoms. The van der Waals surface area contributed by atoms with E-state index in [0.29, 0.717) is 22.2 Å². The Kier molecular flexibility index (Phi) is 4.53. The first-order valence-corrected chi connectivity index (χ1v) is 8.08. The zero-order valence-electron chi connectivity index (χ0n) is 12.3. The lowest BCUT2D eigenvalue weighted by atomic mass is 10.3.